The first kappa shape index (κ1) is 9.90. The predicted molar refractivity (Wildman–Crippen MR) is 57.0 cm³/mol. The molecule has 2 heterocycles. The fraction of sp³-hybridized carbons (Fsp3) is 0.583. The normalized spacial score (nSPS) is 23.0. The minimum absolute atomic E-state index is 0.0397. The monoisotopic (exact) mass is 221 g/mol. The summed E-state index contributed by atoms with van der Waals surface area (Å²) in [5.41, 5.74) is -0.0237. The number of rotatable bonds is 2. The van der Waals surface area contributed by atoms with E-state index in [0.717, 1.165) is 18.6 Å². The van der Waals surface area contributed by atoms with Crippen LogP contribution in [0.2, 0.25) is 0 Å². The standard InChI is InChI=1S/C12H15NO3/c1-8-4-9(5-16-8)11(14)13-6-12(15,7-13)10-2-3-10/h4-5,10,15H,2-3,6-7H2,1H3. The molecule has 2 aliphatic rings. The van der Waals surface area contributed by atoms with Gasteiger partial charge in [-0.05, 0) is 31.7 Å². The molecule has 0 radical (unpaired) electrons. The summed E-state index contributed by atoms with van der Waals surface area (Å²) < 4.78 is 5.11. The molecule has 86 valence electrons. The van der Waals surface area contributed by atoms with E-state index in [4.69, 9.17) is 4.42 Å². The Labute approximate surface area is 93.8 Å². The highest BCUT2D eigenvalue weighted by atomic mass is 16.3. The number of hydrogen-bond acceptors (Lipinski definition) is 3. The molecule has 0 unspecified atom stereocenters. The Kier molecular flexibility index (Phi) is 1.92. The lowest BCUT2D eigenvalue weighted by Gasteiger charge is -2.46. The lowest BCUT2D eigenvalue weighted by Crippen LogP contribution is -2.64. The van der Waals surface area contributed by atoms with Crippen molar-refractivity contribution >= 4 is 5.91 Å². The van der Waals surface area contributed by atoms with Crippen molar-refractivity contribution in [2.45, 2.75) is 25.4 Å². The van der Waals surface area contributed by atoms with E-state index in [2.05, 4.69) is 0 Å². The maximum Gasteiger partial charge on any atom is 0.257 e. The molecule has 1 amide bonds. The lowest BCUT2D eigenvalue weighted by atomic mass is 9.88. The van der Waals surface area contributed by atoms with Gasteiger partial charge in [-0.25, -0.2) is 0 Å². The van der Waals surface area contributed by atoms with E-state index in [0.29, 0.717) is 24.6 Å². The Bertz CT molecular complexity index is 427. The number of β-amino-alcohol motifs (C(OH)–C–C–N with tert-alkyl or cyclic N) is 1. The number of nitrogens with zero attached hydrogens (tertiary/aromatic N) is 1. The van der Waals surface area contributed by atoms with Crippen LogP contribution in [0.3, 0.4) is 0 Å². The molecule has 3 rings (SSSR count). The fourth-order valence-corrected chi connectivity index (χ4v) is 2.38. The summed E-state index contributed by atoms with van der Waals surface area (Å²) in [6.07, 6.45) is 3.68. The van der Waals surface area contributed by atoms with Gasteiger partial charge >= 0.3 is 0 Å². The predicted octanol–water partition coefficient (Wildman–Crippen LogP) is 1.18. The number of carbonyl (C=O) groups is 1. The van der Waals surface area contributed by atoms with E-state index in [9.17, 15) is 9.90 Å². The van der Waals surface area contributed by atoms with E-state index < -0.39 is 5.60 Å². The smallest absolute Gasteiger partial charge is 0.257 e. The van der Waals surface area contributed by atoms with Crippen molar-refractivity contribution in [3.63, 3.8) is 0 Å². The molecule has 4 heteroatoms. The molecule has 16 heavy (non-hydrogen) atoms. The SMILES string of the molecule is Cc1cc(C(=O)N2CC(O)(C3CC3)C2)co1. The van der Waals surface area contributed by atoms with Gasteiger partial charge in [0.15, 0.2) is 0 Å². The van der Waals surface area contributed by atoms with E-state index in [-0.39, 0.29) is 5.91 Å². The van der Waals surface area contributed by atoms with Crippen molar-refractivity contribution < 1.29 is 14.3 Å². The van der Waals surface area contributed by atoms with Crippen molar-refractivity contribution in [2.24, 2.45) is 5.92 Å². The maximum atomic E-state index is 11.9. The Morgan fingerprint density at radius 3 is 2.75 bits per heavy atom. The maximum absolute atomic E-state index is 11.9. The first-order valence-corrected chi connectivity index (χ1v) is 5.65. The molecule has 0 aromatic carbocycles. The third kappa shape index (κ3) is 1.45. The zero-order valence-corrected chi connectivity index (χ0v) is 9.27. The Morgan fingerprint density at radius 1 is 1.56 bits per heavy atom. The summed E-state index contributed by atoms with van der Waals surface area (Å²) in [7, 11) is 0. The lowest BCUT2D eigenvalue weighted by molar-refractivity contribution is -0.0958. The van der Waals surface area contributed by atoms with E-state index >= 15 is 0 Å². The zero-order valence-electron chi connectivity index (χ0n) is 9.27. The summed E-state index contributed by atoms with van der Waals surface area (Å²) >= 11 is 0. The van der Waals surface area contributed by atoms with Crippen LogP contribution in [0.4, 0.5) is 0 Å². The van der Waals surface area contributed by atoms with Gasteiger partial charge in [-0.1, -0.05) is 0 Å². The van der Waals surface area contributed by atoms with Crippen molar-refractivity contribution in [1.29, 1.82) is 0 Å². The van der Waals surface area contributed by atoms with Crippen LogP contribution in [0.25, 0.3) is 0 Å². The van der Waals surface area contributed by atoms with Gasteiger partial charge in [-0.2, -0.15) is 0 Å². The Balaban J connectivity index is 1.66. The summed E-state index contributed by atoms with van der Waals surface area (Å²) in [5, 5.41) is 10.1. The Hall–Kier alpha value is -1.29. The molecule has 0 spiro atoms. The highest BCUT2D eigenvalue weighted by Gasteiger charge is 2.53. The van der Waals surface area contributed by atoms with Crippen LogP contribution in [0.1, 0.15) is 29.0 Å². The average Bonchev–Trinajstić information content (AvgIpc) is 2.96. The molecule has 1 aliphatic heterocycles. The second kappa shape index (κ2) is 3.10. The second-order valence-electron chi connectivity index (χ2n) is 4.99. The summed E-state index contributed by atoms with van der Waals surface area (Å²) in [4.78, 5) is 13.6. The highest BCUT2D eigenvalue weighted by molar-refractivity contribution is 5.94. The largest absolute Gasteiger partial charge is 0.469 e. The average molecular weight is 221 g/mol. The zero-order chi connectivity index (χ0) is 11.3. The third-order valence-electron chi connectivity index (χ3n) is 3.53. The Morgan fingerprint density at radius 2 is 2.25 bits per heavy atom. The first-order valence-electron chi connectivity index (χ1n) is 5.65. The number of hydrogen-bond donors (Lipinski definition) is 1. The number of carbonyl (C=O) groups excluding carboxylic acids is 1. The van der Waals surface area contributed by atoms with Crippen LogP contribution < -0.4 is 0 Å². The quantitative estimate of drug-likeness (QED) is 0.816. The van der Waals surface area contributed by atoms with Gasteiger partial charge in [0.25, 0.3) is 5.91 Å². The van der Waals surface area contributed by atoms with E-state index in [1.54, 1.807) is 11.0 Å². The van der Waals surface area contributed by atoms with Crippen LogP contribution >= 0.6 is 0 Å². The van der Waals surface area contributed by atoms with Crippen LogP contribution in [0, 0.1) is 12.8 Å². The van der Waals surface area contributed by atoms with Crippen LogP contribution in [-0.2, 0) is 0 Å². The van der Waals surface area contributed by atoms with E-state index in [1.165, 1.54) is 6.26 Å². The van der Waals surface area contributed by atoms with Crippen LogP contribution in [-0.4, -0.2) is 34.6 Å². The van der Waals surface area contributed by atoms with E-state index in [1.807, 2.05) is 6.92 Å². The number of likely N-dealkylation sites (tertiary alicyclic amines) is 1. The van der Waals surface area contributed by atoms with Gasteiger partial charge in [0, 0.05) is 0 Å². The van der Waals surface area contributed by atoms with Gasteiger partial charge in [0.2, 0.25) is 0 Å². The van der Waals surface area contributed by atoms with Gasteiger partial charge in [-0.3, -0.25) is 4.79 Å². The molecule has 1 saturated heterocycles. The van der Waals surface area contributed by atoms with Gasteiger partial charge < -0.3 is 14.4 Å². The van der Waals surface area contributed by atoms with Gasteiger partial charge in [-0.15, -0.1) is 0 Å². The molecule has 1 aromatic rings. The highest BCUT2D eigenvalue weighted by Crippen LogP contribution is 2.44. The topological polar surface area (TPSA) is 53.7 Å². The molecule has 2 fully saturated rings. The molecule has 4 nitrogen and oxygen atoms in total. The van der Waals surface area contributed by atoms with Gasteiger partial charge in [0.1, 0.15) is 17.6 Å². The van der Waals surface area contributed by atoms with Gasteiger partial charge in [0.05, 0.1) is 18.7 Å². The molecule has 1 aliphatic carbocycles. The minimum Gasteiger partial charge on any atom is -0.469 e. The summed E-state index contributed by atoms with van der Waals surface area (Å²) in [6, 6.07) is 1.73. The summed E-state index contributed by atoms with van der Waals surface area (Å²) in [6.45, 7) is 2.76. The van der Waals surface area contributed by atoms with Crippen LogP contribution in [0.15, 0.2) is 16.7 Å². The number of aliphatic hydroxyl groups is 1. The van der Waals surface area contributed by atoms with Crippen molar-refractivity contribution in [2.75, 3.05) is 13.1 Å². The molecule has 0 bridgehead atoms. The molecular formula is C12H15NO3. The first-order chi connectivity index (χ1) is 7.58. The molecule has 1 aromatic heterocycles. The van der Waals surface area contributed by atoms with Crippen LogP contribution in [0.5, 0.6) is 0 Å². The molecule has 0 atom stereocenters. The minimum atomic E-state index is -0.603. The molecule has 1 N–H and O–H groups in total. The second-order valence-corrected chi connectivity index (χ2v) is 4.99. The molecule has 1 saturated carbocycles. The fourth-order valence-electron chi connectivity index (χ4n) is 2.38. The summed E-state index contributed by atoms with van der Waals surface area (Å²) in [5.74, 6) is 1.12. The van der Waals surface area contributed by atoms with Crippen molar-refractivity contribution in [3.05, 3.63) is 23.7 Å². The third-order valence-corrected chi connectivity index (χ3v) is 3.53. The number of amides is 1. The number of furan rings is 1. The van der Waals surface area contributed by atoms with Crippen molar-refractivity contribution in [3.8, 4) is 0 Å². The molecular weight excluding hydrogens is 206 g/mol. The van der Waals surface area contributed by atoms with Crippen molar-refractivity contribution in [1.82, 2.24) is 4.90 Å². The number of aryl methyl sites for hydroxylation is 1.